The average molecular weight is 1790 g/mol. The number of imide groups is 1. The van der Waals surface area contributed by atoms with E-state index >= 15 is 9.59 Å². The van der Waals surface area contributed by atoms with Gasteiger partial charge < -0.3 is 103 Å². The van der Waals surface area contributed by atoms with Gasteiger partial charge >= 0.3 is 54.0 Å². The van der Waals surface area contributed by atoms with Crippen LogP contribution >= 0.6 is 0 Å². The number of amides is 3. The normalized spacial score (nSPS) is 32.7. The van der Waals surface area contributed by atoms with Crippen molar-refractivity contribution in [1.29, 1.82) is 0 Å². The van der Waals surface area contributed by atoms with Crippen LogP contribution in [0.5, 0.6) is 0 Å². The van der Waals surface area contributed by atoms with Crippen molar-refractivity contribution >= 4 is 71.4 Å². The average Bonchev–Trinajstić information content (AvgIpc) is 0.669. The van der Waals surface area contributed by atoms with Crippen LogP contribution in [0.2, 0.25) is 0 Å². The molecule has 3 amide bonds. The number of methoxy groups -OCH3 is 3. The Morgan fingerprint density at radius 3 is 1.59 bits per heavy atom. The number of likely N-dealkylation sites (N-methyl/N-ethyl adjacent to an activating group) is 1. The van der Waals surface area contributed by atoms with E-state index in [4.69, 9.17) is 72.0 Å². The number of Topliss-reactive ketones (excluding diaryl/α,β-unsaturated/α-hetero) is 2. The first-order valence-corrected chi connectivity index (χ1v) is 42.6. The highest BCUT2D eigenvalue weighted by Crippen LogP contribution is 2.68. The lowest BCUT2D eigenvalue weighted by atomic mass is 9.44. The summed E-state index contributed by atoms with van der Waals surface area (Å²) in [5.41, 5.74) is -6.57. The molecule has 34 nitrogen and oxygen atoms in total. The largest absolute Gasteiger partial charge is 0.455 e. The van der Waals surface area contributed by atoms with Gasteiger partial charge in [0.1, 0.15) is 77.2 Å². The number of hydrogen-bond donors (Lipinski definition) is 7. The number of carbonyl (C=O) groups excluding carboxylic acids is 12. The van der Waals surface area contributed by atoms with Crippen LogP contribution in [0, 0.1) is 33.5 Å². The predicted octanol–water partition coefficient (Wildman–Crippen LogP) is 7.45. The summed E-state index contributed by atoms with van der Waals surface area (Å²) in [4.78, 5) is 162. The van der Waals surface area contributed by atoms with Crippen LogP contribution in [0.3, 0.4) is 0 Å². The number of alkyl carbamates (subject to hydrolysis) is 1. The van der Waals surface area contributed by atoms with Gasteiger partial charge in [-0.25, -0.2) is 28.9 Å². The van der Waals surface area contributed by atoms with Crippen molar-refractivity contribution in [3.8, 4) is 0 Å². The Balaban J connectivity index is 0.000000206. The molecule has 696 valence electrons. The van der Waals surface area contributed by atoms with Crippen molar-refractivity contribution < 1.29 is 144 Å². The standard InChI is InChI=1S/C45H56N2O15.C32H42O10.C17H22N2O5/c1-23-27(58-39(54)34(59-30(50)21-46)32(25-15-11-9-12-16-25)47-40(55)62-41(3,4)5)20-45(56)37(60-38(53)26-17-13-10-14-18-26)35-43(8,36(52)33(51)31(23)42(45,6)7)28(49)19-29-44(35,22-57-29)61-24(2)48;1-17-20(34)15-32(39-8)27(41-28(36)19-12-10-9-11-13-19)25-30(5,26(35)24(38-7)23(17)29(32,3)4)21(37-6)14-22-31(25,16-40-22)42-18(2)33;1-17(2,3)24-16(22)19-13(11-8-6-5-7-9-11)14(15(19)21)23-12(20)10-18-4/h9-18,27-29,32-35,37,49,51,56H,19-22,46H2,1-8H3,(H,47,55);9-13,20-22,24-25,27,34H,14-16H2,1-8H3;5-9,13-14,18H,10H2,1-4H3/t27-,28-,29+,32?,33+,34?,35-,37-,43+,44-,45+;20-,21-,22+,24+,25-,27-,30+,31-,32+;13-,14+/m000/s1. The smallest absolute Gasteiger partial charge is 0.417 e. The van der Waals surface area contributed by atoms with Crippen LogP contribution in [0.25, 0.3) is 0 Å². The molecule has 128 heavy (non-hydrogen) atoms. The molecule has 3 heterocycles. The number of fused-ring (bicyclic) bond motifs is 10. The molecule has 8 N–H and O–H groups in total. The lowest BCUT2D eigenvalue weighted by Crippen LogP contribution is -2.82. The molecule has 3 aliphatic heterocycles. The first-order chi connectivity index (χ1) is 59.9. The van der Waals surface area contributed by atoms with Gasteiger partial charge in [-0.2, -0.15) is 0 Å². The maximum absolute atomic E-state index is 15.1. The number of nitrogens with one attached hydrogen (secondary N) is 2. The molecular formula is C94H120N4O30. The second-order valence-electron chi connectivity index (χ2n) is 37.5. The summed E-state index contributed by atoms with van der Waals surface area (Å²) in [5.74, 6) is -10.1. The van der Waals surface area contributed by atoms with Crippen molar-refractivity contribution in [1.82, 2.24) is 15.5 Å². The van der Waals surface area contributed by atoms with Gasteiger partial charge in [0, 0.05) is 71.7 Å². The third kappa shape index (κ3) is 17.7. The molecule has 22 atom stereocenters. The number of rotatable bonds is 20. The molecule has 9 aliphatic rings. The van der Waals surface area contributed by atoms with Gasteiger partial charge in [-0.15, -0.1) is 0 Å². The number of aliphatic hydroxyl groups is 4. The lowest BCUT2D eigenvalue weighted by Gasteiger charge is -2.68. The number of esters is 7. The molecule has 4 aromatic carbocycles. The topological polar surface area (TPSA) is 468 Å². The Morgan fingerprint density at radius 1 is 0.602 bits per heavy atom. The third-order valence-corrected chi connectivity index (χ3v) is 27.1. The number of nitrogens with zero attached hydrogens (tertiary/aromatic N) is 1. The highest BCUT2D eigenvalue weighted by atomic mass is 16.7. The number of aliphatic hydroxyl groups excluding tert-OH is 3. The Bertz CT molecular complexity index is 4930. The summed E-state index contributed by atoms with van der Waals surface area (Å²) in [5, 5.41) is 54.6. The third-order valence-electron chi connectivity index (χ3n) is 27.1. The fraction of sp³-hybridized carbons (Fsp3) is 0.574. The van der Waals surface area contributed by atoms with E-state index < -0.39 is 231 Å². The van der Waals surface area contributed by atoms with E-state index in [1.807, 2.05) is 19.9 Å². The molecule has 4 saturated carbocycles. The molecule has 6 aliphatic carbocycles. The second-order valence-corrected chi connectivity index (χ2v) is 37.5. The van der Waals surface area contributed by atoms with Gasteiger partial charge in [0.15, 0.2) is 22.8 Å². The van der Waals surface area contributed by atoms with Crippen molar-refractivity contribution in [3.63, 3.8) is 0 Å². The minimum atomic E-state index is -2.41. The summed E-state index contributed by atoms with van der Waals surface area (Å²) < 4.78 is 83.0. The van der Waals surface area contributed by atoms with Crippen LogP contribution in [0.1, 0.15) is 180 Å². The second kappa shape index (κ2) is 37.3. The van der Waals surface area contributed by atoms with Crippen LogP contribution < -0.4 is 16.4 Å². The molecule has 7 fully saturated rings. The van der Waals surface area contributed by atoms with E-state index in [1.165, 1.54) is 68.1 Å². The fourth-order valence-electron chi connectivity index (χ4n) is 20.9. The van der Waals surface area contributed by atoms with Gasteiger partial charge in [0.05, 0.1) is 78.4 Å². The molecule has 2 unspecified atom stereocenters. The Morgan fingerprint density at radius 2 is 1.11 bits per heavy atom. The van der Waals surface area contributed by atoms with Crippen molar-refractivity contribution in [3.05, 3.63) is 166 Å². The van der Waals surface area contributed by atoms with E-state index in [0.717, 1.165) is 11.8 Å². The quantitative estimate of drug-likeness (QED) is 0.0195. The van der Waals surface area contributed by atoms with Gasteiger partial charge in [0.2, 0.25) is 12.2 Å². The fourth-order valence-corrected chi connectivity index (χ4v) is 20.9. The van der Waals surface area contributed by atoms with Gasteiger partial charge in [-0.1, -0.05) is 125 Å². The minimum absolute atomic E-state index is 0.0112. The van der Waals surface area contributed by atoms with E-state index in [1.54, 1.807) is 166 Å². The van der Waals surface area contributed by atoms with Crippen molar-refractivity contribution in [2.45, 2.75) is 255 Å². The molecule has 3 saturated heterocycles. The van der Waals surface area contributed by atoms with Crippen LogP contribution in [0.4, 0.5) is 9.59 Å². The van der Waals surface area contributed by atoms with E-state index in [-0.39, 0.29) is 61.5 Å². The molecule has 0 radical (unpaired) electrons. The van der Waals surface area contributed by atoms with Crippen molar-refractivity contribution in [2.75, 3.05) is 54.7 Å². The molecule has 34 heteroatoms. The number of nitrogens with two attached hydrogens (primary N) is 1. The van der Waals surface area contributed by atoms with Gasteiger partial charge in [-0.3, -0.25) is 33.6 Å². The number of ether oxygens (including phenoxy) is 14. The van der Waals surface area contributed by atoms with Crippen LogP contribution in [-0.4, -0.2) is 258 Å². The Kier molecular flexibility index (Phi) is 28.7. The number of hydrogen-bond acceptors (Lipinski definition) is 32. The summed E-state index contributed by atoms with van der Waals surface area (Å²) in [6.45, 7) is 24.8. The Labute approximate surface area is 743 Å². The predicted molar refractivity (Wildman–Crippen MR) is 452 cm³/mol. The van der Waals surface area contributed by atoms with Gasteiger partial charge in [0.25, 0.3) is 5.91 Å². The number of likely N-dealkylation sites (tertiary alicyclic amines) is 1. The highest BCUT2D eigenvalue weighted by Gasteiger charge is 2.81. The highest BCUT2D eigenvalue weighted by molar-refractivity contribution is 6.02. The van der Waals surface area contributed by atoms with Gasteiger partial charge in [-0.05, 0) is 134 Å². The maximum Gasteiger partial charge on any atom is 0.417 e. The zero-order chi connectivity index (χ0) is 94.5. The molecule has 13 rings (SSSR count). The zero-order valence-electron chi connectivity index (χ0n) is 75.9. The van der Waals surface area contributed by atoms with E-state index in [2.05, 4.69) is 10.6 Å². The van der Waals surface area contributed by atoms with Crippen LogP contribution in [-0.2, 0) is 105 Å². The summed E-state index contributed by atoms with van der Waals surface area (Å²) in [7, 11) is 6.10. The lowest BCUT2D eigenvalue weighted by molar-refractivity contribution is -0.349. The van der Waals surface area contributed by atoms with E-state index in [0.29, 0.717) is 27.8 Å². The van der Waals surface area contributed by atoms with E-state index in [9.17, 15) is 68.4 Å². The Hall–Kier alpha value is -10.2. The summed E-state index contributed by atoms with van der Waals surface area (Å²) in [6, 6.07) is 31.2. The number of ketones is 2. The summed E-state index contributed by atoms with van der Waals surface area (Å²) in [6.07, 6.45) is -17.8. The SMILES string of the molecule is CC(=O)O[C@@]12CO[C@@H]1C[C@H](O)[C@@]1(C)C(=O)[C@H](O)C3=C(C)[C@@H](OC(=O)C(OC(=O)CN)C(NC(=O)OC(C)(C)C)c4ccccc4)C[C@@](O)([C@@H](OC(=O)c4ccccc4)[C@H]21)C3(C)C.CNCC(=O)O[C@H]1C(=O)N(C(=O)OC(C)(C)C)[C@H]1c1ccccc1.CO[C@H]1C(=O)[C@]2(C)[C@@H](OC)C[C@H]3OC[C@@]3(OC(C)=O)[C@H]2[C@H](OC(=O)c2ccccc2)[C@]2(OC)C[C@H](O)C(C)=C1C2(C)C. The number of β-lactam (4-membered cyclic amide) rings is 1. The molecule has 4 aromatic rings. The molecule has 0 spiro atoms. The number of carbonyl (C=O) groups is 12. The first kappa shape index (κ1) is 98.4. The minimum Gasteiger partial charge on any atom is -0.455 e. The molecule has 4 bridgehead atoms. The van der Waals surface area contributed by atoms with Crippen LogP contribution in [0.15, 0.2) is 144 Å². The van der Waals surface area contributed by atoms with Crippen molar-refractivity contribution in [2.24, 2.45) is 39.2 Å². The monoisotopic (exact) mass is 1780 g/mol. The molecule has 0 aromatic heterocycles. The number of benzene rings is 4. The molecular weight excluding hydrogens is 1670 g/mol. The maximum atomic E-state index is 15.1. The zero-order valence-corrected chi connectivity index (χ0v) is 75.9. The first-order valence-electron chi connectivity index (χ1n) is 42.6. The summed E-state index contributed by atoms with van der Waals surface area (Å²) >= 11 is 0.